The fraction of sp³-hybridized carbons (Fsp3) is 0.436. The molecule has 0 bridgehead atoms. The molecule has 14 nitrogen and oxygen atoms in total. The molecule has 2 aromatic rings. The number of ether oxygens (including phenoxy) is 2. The van der Waals surface area contributed by atoms with E-state index in [1.54, 1.807) is 6.08 Å². The number of amides is 2. The van der Waals surface area contributed by atoms with Gasteiger partial charge in [0.05, 0.1) is 16.4 Å². The summed E-state index contributed by atoms with van der Waals surface area (Å²) in [4.78, 5) is 56.7. The number of nitrogens with two attached hydrogens (primary N) is 2. The van der Waals surface area contributed by atoms with E-state index in [4.69, 9.17) is 20.9 Å². The van der Waals surface area contributed by atoms with Gasteiger partial charge in [0.15, 0.2) is 10.3 Å². The number of hydrogen-bond donors (Lipinski definition) is 4. The van der Waals surface area contributed by atoms with Crippen molar-refractivity contribution in [1.29, 1.82) is 0 Å². The monoisotopic (exact) mass is 830 g/mol. The molecule has 310 valence electrons. The van der Waals surface area contributed by atoms with Crippen LogP contribution in [0.3, 0.4) is 0 Å². The van der Waals surface area contributed by atoms with E-state index in [0.29, 0.717) is 31.3 Å². The van der Waals surface area contributed by atoms with Crippen molar-refractivity contribution in [1.82, 2.24) is 20.9 Å². The second-order valence-electron chi connectivity index (χ2n) is 13.0. The van der Waals surface area contributed by atoms with Gasteiger partial charge in [-0.1, -0.05) is 34.1 Å². The molecular weight excluding hydrogens is 779 g/mol. The maximum Gasteiger partial charge on any atom is 0.330 e. The third-order valence-corrected chi connectivity index (χ3v) is 9.56. The summed E-state index contributed by atoms with van der Waals surface area (Å²) in [5, 5.41) is 4.87. The number of nitrogens with one attached hydrogen (secondary N) is 2. The smallest absolute Gasteiger partial charge is 0.330 e. The van der Waals surface area contributed by atoms with Crippen LogP contribution in [0.5, 0.6) is 11.5 Å². The lowest BCUT2D eigenvalue weighted by Gasteiger charge is -2.28. The summed E-state index contributed by atoms with van der Waals surface area (Å²) in [5.74, 6) is -3.25. The maximum atomic E-state index is 13.6. The average Bonchev–Trinajstić information content (AvgIpc) is 3.76. The van der Waals surface area contributed by atoms with Crippen molar-refractivity contribution in [3.8, 4) is 11.5 Å². The number of nitrogens with zero attached hydrogens (tertiary/aromatic N) is 4. The van der Waals surface area contributed by atoms with Crippen LogP contribution in [0.1, 0.15) is 84.8 Å². The fourth-order valence-corrected chi connectivity index (χ4v) is 6.66. The Kier molecular flexibility index (Phi) is 19.0. The van der Waals surface area contributed by atoms with E-state index in [0.717, 1.165) is 64.0 Å². The molecule has 4 heterocycles. The number of rotatable bonds is 6. The van der Waals surface area contributed by atoms with Gasteiger partial charge in [-0.15, -0.1) is 0 Å². The van der Waals surface area contributed by atoms with Crippen molar-refractivity contribution < 1.29 is 37.4 Å². The van der Waals surface area contributed by atoms with Crippen molar-refractivity contribution in [3.63, 3.8) is 0 Å². The van der Waals surface area contributed by atoms with Crippen LogP contribution in [0.2, 0.25) is 0 Å². The van der Waals surface area contributed by atoms with Gasteiger partial charge in [-0.3, -0.25) is 24.4 Å². The highest BCUT2D eigenvalue weighted by Crippen LogP contribution is 2.34. The third-order valence-electron chi connectivity index (χ3n) is 7.55. The Morgan fingerprint density at radius 1 is 0.807 bits per heavy atom. The lowest BCUT2D eigenvalue weighted by Crippen LogP contribution is -2.45. The number of hydrogen-bond acceptors (Lipinski definition) is 14. The largest absolute Gasteiger partial charge is 0.425 e. The SMILES string of the molecule is CC.CC(C)(N)C(=O)Oc1cc(F)ccc1/C=C1/SC(N2CCCCN2)=NC1=O.CCC.NCC(=O)Oc1cc(F)ccc1/C=C1/SC(N2CCCCN2)=NC1=O. The molecule has 4 aliphatic rings. The highest BCUT2D eigenvalue weighted by atomic mass is 32.2. The number of esters is 2. The number of hydrazine groups is 2. The van der Waals surface area contributed by atoms with Gasteiger partial charge in [-0.05, 0) is 99.5 Å². The number of aliphatic imine (C=N–C) groups is 2. The number of amidine groups is 2. The topological polar surface area (TPSA) is 194 Å². The lowest BCUT2D eigenvalue weighted by molar-refractivity contribution is -0.139. The molecule has 2 amide bonds. The van der Waals surface area contributed by atoms with Gasteiger partial charge >= 0.3 is 11.9 Å². The molecular formula is C39H52F2N8O6S2. The quantitative estimate of drug-likeness (QED) is 0.156. The third kappa shape index (κ3) is 14.5. The van der Waals surface area contributed by atoms with E-state index >= 15 is 0 Å². The molecule has 6 N–H and O–H groups in total. The number of carbonyl (C=O) groups excluding carboxylic acids is 4. The maximum absolute atomic E-state index is 13.6. The molecule has 2 aromatic carbocycles. The summed E-state index contributed by atoms with van der Waals surface area (Å²) < 4.78 is 37.4. The fourth-order valence-electron chi connectivity index (χ4n) is 4.84. The van der Waals surface area contributed by atoms with E-state index in [9.17, 15) is 28.0 Å². The molecule has 0 atom stereocenters. The first-order valence-electron chi connectivity index (χ1n) is 18.8. The zero-order valence-corrected chi connectivity index (χ0v) is 34.8. The van der Waals surface area contributed by atoms with Crippen LogP contribution in [0.4, 0.5) is 8.78 Å². The minimum Gasteiger partial charge on any atom is -0.425 e. The molecule has 2 saturated heterocycles. The van der Waals surface area contributed by atoms with E-state index in [1.165, 1.54) is 74.1 Å². The summed E-state index contributed by atoms with van der Waals surface area (Å²) in [6.07, 6.45) is 8.53. The molecule has 4 aliphatic heterocycles. The highest BCUT2D eigenvalue weighted by molar-refractivity contribution is 8.18. The van der Waals surface area contributed by atoms with Gasteiger partial charge in [0, 0.05) is 49.4 Å². The first kappa shape index (κ1) is 46.9. The molecule has 18 heteroatoms. The summed E-state index contributed by atoms with van der Waals surface area (Å²) in [6.45, 7) is 14.1. The number of halogens is 2. The lowest BCUT2D eigenvalue weighted by atomic mass is 10.1. The first-order valence-corrected chi connectivity index (χ1v) is 20.4. The van der Waals surface area contributed by atoms with Crippen LogP contribution in [0, 0.1) is 11.6 Å². The van der Waals surface area contributed by atoms with Crippen molar-refractivity contribution >= 4 is 69.8 Å². The van der Waals surface area contributed by atoms with Crippen molar-refractivity contribution in [2.75, 3.05) is 32.7 Å². The molecule has 0 aliphatic carbocycles. The molecule has 57 heavy (non-hydrogen) atoms. The van der Waals surface area contributed by atoms with Crippen molar-refractivity contribution in [3.05, 3.63) is 69.0 Å². The Balaban J connectivity index is 0.000000275. The number of thioether (sulfide) groups is 2. The predicted molar refractivity (Wildman–Crippen MR) is 223 cm³/mol. The minimum atomic E-state index is -1.23. The predicted octanol–water partition coefficient (Wildman–Crippen LogP) is 5.74. The first-order chi connectivity index (χ1) is 27.2. The van der Waals surface area contributed by atoms with E-state index in [-0.39, 0.29) is 29.9 Å². The number of carbonyl (C=O) groups is 4. The molecule has 0 unspecified atom stereocenters. The molecule has 6 rings (SSSR count). The van der Waals surface area contributed by atoms with Gasteiger partial charge in [-0.2, -0.15) is 9.98 Å². The zero-order valence-electron chi connectivity index (χ0n) is 33.2. The standard InChI is InChI=1S/C18H21FN4O3S.C16H17FN4O3S.C3H8.C2H6/c1-18(2,20)16(25)26-13-10-12(19)6-5-11(13)9-14-15(24)22-17(27-14)23-8-4-3-7-21-23;17-11-4-3-10(12(8-11)24-14(22)9-18)7-13-15(23)20-16(25-13)21-6-2-1-5-19-21;1-3-2;1-2/h5-6,9-10,21H,3-4,7-8,20H2,1-2H3;3-4,7-8,19H,1-2,5-6,9,18H2;3H2,1-2H3;1-2H3/b14-9+;13-7+;;. The summed E-state index contributed by atoms with van der Waals surface area (Å²) in [5.41, 5.74) is 16.9. The van der Waals surface area contributed by atoms with E-state index in [1.807, 2.05) is 23.9 Å². The highest BCUT2D eigenvalue weighted by Gasteiger charge is 2.30. The van der Waals surface area contributed by atoms with Crippen LogP contribution in [-0.4, -0.2) is 82.4 Å². The molecule has 0 spiro atoms. The Bertz CT molecular complexity index is 1870. The zero-order chi connectivity index (χ0) is 42.1. The molecule has 0 radical (unpaired) electrons. The normalized spacial score (nSPS) is 18.1. The Morgan fingerprint density at radius 3 is 1.60 bits per heavy atom. The minimum absolute atomic E-state index is 0.00368. The summed E-state index contributed by atoms with van der Waals surface area (Å²) in [7, 11) is 0. The van der Waals surface area contributed by atoms with Gasteiger partial charge in [0.1, 0.15) is 28.7 Å². The van der Waals surface area contributed by atoms with Crippen LogP contribution in [-0.2, 0) is 19.2 Å². The Labute approximate surface area is 340 Å². The van der Waals surface area contributed by atoms with Gasteiger partial charge in [0.25, 0.3) is 11.8 Å². The van der Waals surface area contributed by atoms with Crippen LogP contribution >= 0.6 is 23.5 Å². The van der Waals surface area contributed by atoms with Gasteiger partial charge in [-0.25, -0.2) is 24.4 Å². The van der Waals surface area contributed by atoms with E-state index in [2.05, 4.69) is 34.7 Å². The van der Waals surface area contributed by atoms with Crippen LogP contribution < -0.4 is 31.8 Å². The summed E-state index contributed by atoms with van der Waals surface area (Å²) >= 11 is 2.45. The number of benzene rings is 2. The second kappa shape index (κ2) is 23.1. The van der Waals surface area contributed by atoms with Crippen molar-refractivity contribution in [2.24, 2.45) is 21.5 Å². The van der Waals surface area contributed by atoms with Gasteiger partial charge in [0.2, 0.25) is 0 Å². The molecule has 0 aromatic heterocycles. The average molecular weight is 831 g/mol. The van der Waals surface area contributed by atoms with Crippen LogP contribution in [0.15, 0.2) is 56.2 Å². The summed E-state index contributed by atoms with van der Waals surface area (Å²) in [6, 6.07) is 7.51. The van der Waals surface area contributed by atoms with Gasteiger partial charge < -0.3 is 20.9 Å². The molecule has 0 saturated carbocycles. The van der Waals surface area contributed by atoms with Crippen molar-refractivity contribution in [2.45, 2.75) is 79.2 Å². The molecule has 2 fully saturated rings. The Morgan fingerprint density at radius 2 is 1.23 bits per heavy atom. The Hall–Kier alpha value is -4.46. The van der Waals surface area contributed by atoms with E-state index < -0.39 is 29.1 Å². The second-order valence-corrected chi connectivity index (χ2v) is 15.0. The van der Waals surface area contributed by atoms with Crippen LogP contribution in [0.25, 0.3) is 12.2 Å².